The highest BCUT2D eigenvalue weighted by atomic mass is 19.1. The number of β-amino-alcohol motifs (C(OH)–C–C–N with tert-alkyl or cyclic N) is 1. The molecular formula is C29H27FN6O3. The number of aliphatic hydroxyl groups excluding tert-OH is 1. The molecule has 2 aromatic heterocycles. The number of halogens is 1. The number of aromatic nitrogens is 2. The van der Waals surface area contributed by atoms with E-state index in [9.17, 15) is 19.1 Å². The molecule has 0 radical (unpaired) electrons. The number of hydrogen-bond donors (Lipinski definition) is 4. The normalized spacial score (nSPS) is 15.0. The van der Waals surface area contributed by atoms with Crippen molar-refractivity contribution in [3.05, 3.63) is 96.2 Å². The summed E-state index contributed by atoms with van der Waals surface area (Å²) in [5, 5.41) is 15.7. The quantitative estimate of drug-likeness (QED) is 0.294. The molecule has 5 rings (SSSR count). The van der Waals surface area contributed by atoms with Crippen LogP contribution in [0.2, 0.25) is 0 Å². The Morgan fingerprint density at radius 3 is 2.64 bits per heavy atom. The average Bonchev–Trinajstić information content (AvgIpc) is 2.94. The Bertz CT molecular complexity index is 1510. The first-order chi connectivity index (χ1) is 18.9. The number of benzene rings is 2. The summed E-state index contributed by atoms with van der Waals surface area (Å²) in [6.07, 6.45) is 4.22. The second kappa shape index (κ2) is 11.3. The molecule has 2 amide bonds. The van der Waals surface area contributed by atoms with Gasteiger partial charge in [0.15, 0.2) is 5.69 Å². The second-order valence-electron chi connectivity index (χ2n) is 9.24. The van der Waals surface area contributed by atoms with Crippen molar-refractivity contribution in [2.75, 3.05) is 34.4 Å². The van der Waals surface area contributed by atoms with E-state index in [-0.39, 0.29) is 28.2 Å². The predicted octanol–water partition coefficient (Wildman–Crippen LogP) is 4.33. The second-order valence-corrected chi connectivity index (χ2v) is 9.24. The fourth-order valence-corrected chi connectivity index (χ4v) is 4.50. The van der Waals surface area contributed by atoms with E-state index >= 15 is 0 Å². The van der Waals surface area contributed by atoms with Gasteiger partial charge in [-0.15, -0.1) is 0 Å². The summed E-state index contributed by atoms with van der Waals surface area (Å²) < 4.78 is 14.9. The minimum Gasteiger partial charge on any atom is -0.397 e. The molecule has 9 nitrogen and oxygen atoms in total. The minimum absolute atomic E-state index is 0.0501. The summed E-state index contributed by atoms with van der Waals surface area (Å²) in [6, 6.07) is 17.6. The van der Waals surface area contributed by atoms with Crippen molar-refractivity contribution in [2.45, 2.75) is 18.9 Å². The third-order valence-electron chi connectivity index (χ3n) is 6.46. The Morgan fingerprint density at radius 1 is 1.03 bits per heavy atom. The van der Waals surface area contributed by atoms with Gasteiger partial charge in [-0.25, -0.2) is 9.37 Å². The number of carbonyl (C=O) groups excluding carboxylic acids is 2. The van der Waals surface area contributed by atoms with Crippen LogP contribution in [-0.2, 0) is 0 Å². The van der Waals surface area contributed by atoms with Crippen LogP contribution in [-0.4, -0.2) is 46.1 Å². The van der Waals surface area contributed by atoms with Crippen LogP contribution in [0.15, 0.2) is 79.1 Å². The number of piperidine rings is 1. The van der Waals surface area contributed by atoms with Gasteiger partial charge in [-0.1, -0.05) is 18.2 Å². The third-order valence-corrected chi connectivity index (χ3v) is 6.46. The fourth-order valence-electron chi connectivity index (χ4n) is 4.50. The molecule has 0 bridgehead atoms. The lowest BCUT2D eigenvalue weighted by Gasteiger charge is -2.33. The molecule has 4 aromatic rings. The summed E-state index contributed by atoms with van der Waals surface area (Å²) in [4.78, 5) is 36.5. The topological polar surface area (TPSA) is 133 Å². The molecule has 1 saturated heterocycles. The Kier molecular flexibility index (Phi) is 7.46. The molecular weight excluding hydrogens is 499 g/mol. The Morgan fingerprint density at radius 2 is 1.85 bits per heavy atom. The van der Waals surface area contributed by atoms with E-state index < -0.39 is 23.7 Å². The number of nitrogens with zero attached hydrogens (tertiary/aromatic N) is 3. The number of pyridine rings is 2. The molecule has 1 unspecified atom stereocenters. The van der Waals surface area contributed by atoms with Gasteiger partial charge in [0.25, 0.3) is 11.8 Å². The summed E-state index contributed by atoms with van der Waals surface area (Å²) in [5.41, 5.74) is 8.27. The van der Waals surface area contributed by atoms with Gasteiger partial charge < -0.3 is 26.4 Å². The van der Waals surface area contributed by atoms with Gasteiger partial charge in [-0.2, -0.15) is 0 Å². The van der Waals surface area contributed by atoms with Crippen LogP contribution in [0.1, 0.15) is 33.7 Å². The molecule has 2 aromatic carbocycles. The van der Waals surface area contributed by atoms with Gasteiger partial charge >= 0.3 is 0 Å². The minimum atomic E-state index is -0.604. The molecule has 1 fully saturated rings. The summed E-state index contributed by atoms with van der Waals surface area (Å²) in [6.45, 7) is 1.17. The van der Waals surface area contributed by atoms with E-state index in [2.05, 4.69) is 20.6 Å². The molecule has 198 valence electrons. The first kappa shape index (κ1) is 25.8. The molecule has 5 N–H and O–H groups in total. The van der Waals surface area contributed by atoms with Gasteiger partial charge in [0.05, 0.1) is 35.1 Å². The highest BCUT2D eigenvalue weighted by molar-refractivity contribution is 6.08. The van der Waals surface area contributed by atoms with Gasteiger partial charge in [0, 0.05) is 36.1 Å². The lowest BCUT2D eigenvalue weighted by atomic mass is 10.1. The van der Waals surface area contributed by atoms with Crippen LogP contribution in [0.5, 0.6) is 0 Å². The smallest absolute Gasteiger partial charge is 0.276 e. The van der Waals surface area contributed by atoms with Crippen molar-refractivity contribution in [3.63, 3.8) is 0 Å². The lowest BCUT2D eigenvalue weighted by molar-refractivity contribution is 0.101. The van der Waals surface area contributed by atoms with E-state index in [1.165, 1.54) is 36.5 Å². The first-order valence-electron chi connectivity index (χ1n) is 12.5. The number of rotatable bonds is 6. The van der Waals surface area contributed by atoms with Crippen molar-refractivity contribution in [3.8, 4) is 11.3 Å². The standard InChI is InChI=1S/C29H27FN6O3/c30-22-9-8-18(28(38)33-19-5-2-1-3-6-19)15-21(22)24-11-10-23(31)27(34-24)29(39)35-25-16-32-13-12-26(25)36-14-4-7-20(37)17-36/h1-3,5-6,8-13,15-16,20,37H,4,7,14,17,31H2,(H,33,38)(H,35,39). The highest BCUT2D eigenvalue weighted by Crippen LogP contribution is 2.29. The predicted molar refractivity (Wildman–Crippen MR) is 148 cm³/mol. The van der Waals surface area contributed by atoms with Gasteiger partial charge in [0.1, 0.15) is 5.82 Å². The van der Waals surface area contributed by atoms with E-state index in [0.717, 1.165) is 25.1 Å². The van der Waals surface area contributed by atoms with E-state index in [1.807, 2.05) is 11.0 Å². The van der Waals surface area contributed by atoms with Crippen LogP contribution < -0.4 is 21.3 Å². The molecule has 0 spiro atoms. The zero-order valence-corrected chi connectivity index (χ0v) is 21.0. The van der Waals surface area contributed by atoms with Gasteiger partial charge in [0.2, 0.25) is 0 Å². The van der Waals surface area contributed by atoms with E-state index in [4.69, 9.17) is 5.73 Å². The zero-order chi connectivity index (χ0) is 27.4. The van der Waals surface area contributed by atoms with Crippen molar-refractivity contribution in [1.29, 1.82) is 0 Å². The number of para-hydroxylation sites is 1. The molecule has 39 heavy (non-hydrogen) atoms. The number of nitrogens with two attached hydrogens (primary N) is 1. The molecule has 0 saturated carbocycles. The largest absolute Gasteiger partial charge is 0.397 e. The van der Waals surface area contributed by atoms with Crippen LogP contribution in [0.25, 0.3) is 11.3 Å². The summed E-state index contributed by atoms with van der Waals surface area (Å²) in [5.74, 6) is -1.62. The average molecular weight is 527 g/mol. The number of carbonyl (C=O) groups is 2. The maximum absolute atomic E-state index is 14.9. The fraction of sp³-hybridized carbons (Fsp3) is 0.172. The lowest BCUT2D eigenvalue weighted by Crippen LogP contribution is -2.38. The molecule has 1 aliphatic rings. The maximum atomic E-state index is 14.9. The Labute approximate surface area is 224 Å². The van der Waals surface area contributed by atoms with E-state index in [1.54, 1.807) is 36.5 Å². The number of nitrogens with one attached hydrogen (secondary N) is 2. The number of hydrogen-bond acceptors (Lipinski definition) is 7. The van der Waals surface area contributed by atoms with Crippen LogP contribution in [0.4, 0.5) is 27.1 Å². The first-order valence-corrected chi connectivity index (χ1v) is 12.5. The van der Waals surface area contributed by atoms with Gasteiger partial charge in [-0.3, -0.25) is 14.6 Å². The SMILES string of the molecule is Nc1ccc(-c2cc(C(=O)Nc3ccccc3)ccc2F)nc1C(=O)Nc1cnccc1N1CCCC(O)C1. The summed E-state index contributed by atoms with van der Waals surface area (Å²) in [7, 11) is 0. The highest BCUT2D eigenvalue weighted by Gasteiger charge is 2.22. The van der Waals surface area contributed by atoms with Crippen LogP contribution >= 0.6 is 0 Å². The number of aliphatic hydroxyl groups is 1. The van der Waals surface area contributed by atoms with Crippen molar-refractivity contribution in [2.24, 2.45) is 0 Å². The number of nitrogen functional groups attached to an aromatic ring is 1. The molecule has 3 heterocycles. The third kappa shape index (κ3) is 5.86. The Hall–Kier alpha value is -4.83. The maximum Gasteiger partial charge on any atom is 0.276 e. The Balaban J connectivity index is 1.40. The van der Waals surface area contributed by atoms with E-state index in [0.29, 0.717) is 17.9 Å². The molecule has 1 atom stereocenters. The molecule has 10 heteroatoms. The summed E-state index contributed by atoms with van der Waals surface area (Å²) >= 11 is 0. The van der Waals surface area contributed by atoms with Crippen molar-refractivity contribution in [1.82, 2.24) is 9.97 Å². The van der Waals surface area contributed by atoms with Crippen LogP contribution in [0, 0.1) is 5.82 Å². The molecule has 0 aliphatic carbocycles. The number of anilines is 4. The van der Waals surface area contributed by atoms with Gasteiger partial charge in [-0.05, 0) is 61.4 Å². The monoisotopic (exact) mass is 526 g/mol. The van der Waals surface area contributed by atoms with Crippen molar-refractivity contribution >= 4 is 34.6 Å². The van der Waals surface area contributed by atoms with Crippen LogP contribution in [0.3, 0.4) is 0 Å². The number of amides is 2. The zero-order valence-electron chi connectivity index (χ0n) is 21.0. The molecule has 1 aliphatic heterocycles. The van der Waals surface area contributed by atoms with Crippen molar-refractivity contribution < 1.29 is 19.1 Å².